The number of ether oxygens (including phenoxy) is 4. The average molecular weight is 642 g/mol. The molecule has 1 N–H and O–H groups in total. The van der Waals surface area contributed by atoms with Gasteiger partial charge in [0.15, 0.2) is 5.82 Å². The van der Waals surface area contributed by atoms with E-state index in [1.807, 2.05) is 29.7 Å². The fourth-order valence-electron chi connectivity index (χ4n) is 6.24. The molecule has 1 fully saturated rings. The number of para-hydroxylation sites is 1. The van der Waals surface area contributed by atoms with E-state index in [-0.39, 0.29) is 11.7 Å². The van der Waals surface area contributed by atoms with Crippen LogP contribution in [0.4, 0.5) is 4.79 Å². The van der Waals surface area contributed by atoms with Gasteiger partial charge in [0.25, 0.3) is 6.01 Å². The number of hydrogen-bond acceptors (Lipinski definition) is 10. The Morgan fingerprint density at radius 3 is 2.51 bits per heavy atom. The first-order valence-electron chi connectivity index (χ1n) is 16.1. The first-order chi connectivity index (χ1) is 22.9. The lowest BCUT2D eigenvalue weighted by atomic mass is 9.98. The summed E-state index contributed by atoms with van der Waals surface area (Å²) in [7, 11) is 0. The molecule has 0 saturated heterocycles. The number of benzene rings is 2. The van der Waals surface area contributed by atoms with Crippen molar-refractivity contribution < 1.29 is 28.5 Å². The fraction of sp³-hybridized carbons (Fsp3) is 0.412. The first-order valence-corrected chi connectivity index (χ1v) is 16.1. The first kappa shape index (κ1) is 31.8. The number of nitrogens with one attached hydrogen (secondary N) is 1. The SMILES string of the molecule is CCOc1nc2cccc(C(=O)OC(C)OC(=O)OC3CCCCC3)c2n1Cc1ccc(-c2c(-c3nnn[nH]3)cc(C)n2CC)cc1. The summed E-state index contributed by atoms with van der Waals surface area (Å²) >= 11 is 0. The van der Waals surface area contributed by atoms with Gasteiger partial charge in [-0.2, -0.15) is 4.98 Å². The van der Waals surface area contributed by atoms with E-state index < -0.39 is 18.4 Å². The summed E-state index contributed by atoms with van der Waals surface area (Å²) in [5.74, 6) is -0.0517. The molecule has 3 heterocycles. The van der Waals surface area contributed by atoms with E-state index in [1.54, 1.807) is 12.1 Å². The molecular weight excluding hydrogens is 602 g/mol. The second kappa shape index (κ2) is 14.1. The maximum atomic E-state index is 13.5. The van der Waals surface area contributed by atoms with Gasteiger partial charge in [0, 0.05) is 24.7 Å². The van der Waals surface area contributed by atoms with Crippen molar-refractivity contribution in [3.8, 4) is 28.7 Å². The van der Waals surface area contributed by atoms with Crippen LogP contribution in [0.5, 0.6) is 6.01 Å². The normalized spacial score (nSPS) is 14.2. The minimum atomic E-state index is -1.15. The lowest BCUT2D eigenvalue weighted by molar-refractivity contribution is -0.0914. The van der Waals surface area contributed by atoms with E-state index in [4.69, 9.17) is 18.9 Å². The van der Waals surface area contributed by atoms with E-state index >= 15 is 0 Å². The Kier molecular flexibility index (Phi) is 9.50. The molecular formula is C34H39N7O6. The average Bonchev–Trinajstić information content (AvgIpc) is 3.80. The van der Waals surface area contributed by atoms with Crippen molar-refractivity contribution in [1.82, 2.24) is 34.7 Å². The van der Waals surface area contributed by atoms with Gasteiger partial charge in [-0.1, -0.05) is 36.8 Å². The fourth-order valence-corrected chi connectivity index (χ4v) is 6.24. The molecule has 0 aliphatic heterocycles. The summed E-state index contributed by atoms with van der Waals surface area (Å²) in [5.41, 5.74) is 6.42. The third-order valence-electron chi connectivity index (χ3n) is 8.36. The van der Waals surface area contributed by atoms with Gasteiger partial charge in [-0.15, -0.1) is 5.10 Å². The molecule has 1 aliphatic carbocycles. The smallest absolute Gasteiger partial charge is 0.465 e. The number of carbonyl (C=O) groups is 2. The van der Waals surface area contributed by atoms with Crippen LogP contribution in [0.25, 0.3) is 33.7 Å². The highest BCUT2D eigenvalue weighted by Crippen LogP contribution is 2.34. The van der Waals surface area contributed by atoms with Crippen LogP contribution in [0, 0.1) is 6.92 Å². The number of aromatic amines is 1. The molecule has 1 saturated carbocycles. The third-order valence-corrected chi connectivity index (χ3v) is 8.36. The second-order valence-electron chi connectivity index (χ2n) is 11.5. The highest BCUT2D eigenvalue weighted by Gasteiger charge is 2.25. The summed E-state index contributed by atoms with van der Waals surface area (Å²) in [6.45, 7) is 9.09. The topological polar surface area (TPSA) is 148 Å². The zero-order valence-electron chi connectivity index (χ0n) is 27.1. The standard InChI is InChI=1S/C34H39N7O6/c1-5-40-21(3)19-27(31-36-38-39-37-31)29(40)24-17-15-23(16-18-24)20-41-30-26(13-10-14-28(30)35-33(41)44-6-2)32(42)45-22(4)46-34(43)47-25-11-8-7-9-12-25/h10,13-19,22,25H,5-9,11-12,20H2,1-4H3,(H,36,37,38,39). The molecule has 47 heavy (non-hydrogen) atoms. The van der Waals surface area contributed by atoms with E-state index in [0.29, 0.717) is 36.0 Å². The Bertz CT molecular complexity index is 1840. The van der Waals surface area contributed by atoms with Gasteiger partial charge in [-0.05, 0) is 86.2 Å². The molecule has 13 heteroatoms. The molecule has 0 amide bonds. The van der Waals surface area contributed by atoms with Crippen molar-refractivity contribution in [1.29, 1.82) is 0 Å². The van der Waals surface area contributed by atoms with E-state index in [1.165, 1.54) is 6.92 Å². The summed E-state index contributed by atoms with van der Waals surface area (Å²) in [5, 5.41) is 14.5. The minimum absolute atomic E-state index is 0.165. The van der Waals surface area contributed by atoms with Crippen LogP contribution in [-0.2, 0) is 27.3 Å². The van der Waals surface area contributed by atoms with Gasteiger partial charge in [0.05, 0.1) is 35.4 Å². The number of H-pyrrole nitrogens is 1. The second-order valence-corrected chi connectivity index (χ2v) is 11.5. The Morgan fingerprint density at radius 1 is 1.02 bits per heavy atom. The highest BCUT2D eigenvalue weighted by molar-refractivity contribution is 6.02. The van der Waals surface area contributed by atoms with Gasteiger partial charge >= 0.3 is 12.1 Å². The monoisotopic (exact) mass is 641 g/mol. The predicted molar refractivity (Wildman–Crippen MR) is 173 cm³/mol. The van der Waals surface area contributed by atoms with Crippen molar-refractivity contribution in [2.24, 2.45) is 0 Å². The number of tetrazole rings is 1. The molecule has 0 bridgehead atoms. The van der Waals surface area contributed by atoms with Gasteiger partial charge in [-0.25, -0.2) is 14.7 Å². The van der Waals surface area contributed by atoms with Crippen molar-refractivity contribution in [3.05, 3.63) is 65.4 Å². The lowest BCUT2D eigenvalue weighted by Crippen LogP contribution is -2.26. The maximum absolute atomic E-state index is 13.5. The summed E-state index contributed by atoms with van der Waals surface area (Å²) in [4.78, 5) is 30.5. The number of rotatable bonds is 11. The molecule has 0 radical (unpaired) electrons. The van der Waals surface area contributed by atoms with Crippen LogP contribution in [0.15, 0.2) is 48.5 Å². The number of fused-ring (bicyclic) bond motifs is 1. The molecule has 1 aliphatic rings. The number of esters is 1. The van der Waals surface area contributed by atoms with Gasteiger partial charge in [0.1, 0.15) is 6.10 Å². The van der Waals surface area contributed by atoms with Gasteiger partial charge in [0.2, 0.25) is 6.29 Å². The van der Waals surface area contributed by atoms with E-state index in [9.17, 15) is 9.59 Å². The minimum Gasteiger partial charge on any atom is -0.465 e. The lowest BCUT2D eigenvalue weighted by Gasteiger charge is -2.22. The van der Waals surface area contributed by atoms with Crippen LogP contribution in [-0.4, -0.2) is 65.9 Å². The summed E-state index contributed by atoms with van der Waals surface area (Å²) < 4.78 is 26.2. The molecule has 3 aromatic heterocycles. The van der Waals surface area contributed by atoms with Crippen LogP contribution in [0.3, 0.4) is 0 Å². The number of aryl methyl sites for hydroxylation is 1. The zero-order chi connectivity index (χ0) is 32.9. The summed E-state index contributed by atoms with van der Waals surface area (Å²) in [6, 6.07) is 15.9. The number of hydrogen-bond donors (Lipinski definition) is 1. The van der Waals surface area contributed by atoms with Crippen LogP contribution in [0.2, 0.25) is 0 Å². The molecule has 1 atom stereocenters. The van der Waals surface area contributed by atoms with Crippen molar-refractivity contribution in [2.75, 3.05) is 6.61 Å². The Hall–Kier alpha value is -5.20. The van der Waals surface area contributed by atoms with Crippen LogP contribution < -0.4 is 4.74 Å². The quantitative estimate of drug-likeness (QED) is 0.126. The summed E-state index contributed by atoms with van der Waals surface area (Å²) in [6.07, 6.45) is 2.65. The van der Waals surface area contributed by atoms with Crippen LogP contribution in [0.1, 0.15) is 74.5 Å². The Labute approximate surface area is 272 Å². The molecule has 0 spiro atoms. The number of imidazole rings is 1. The Morgan fingerprint density at radius 2 is 1.81 bits per heavy atom. The van der Waals surface area contributed by atoms with E-state index in [0.717, 1.165) is 66.7 Å². The number of carbonyl (C=O) groups excluding carboxylic acids is 2. The highest BCUT2D eigenvalue weighted by atomic mass is 16.8. The predicted octanol–water partition coefficient (Wildman–Crippen LogP) is 6.45. The largest absolute Gasteiger partial charge is 0.511 e. The van der Waals surface area contributed by atoms with Gasteiger partial charge in [-0.3, -0.25) is 4.57 Å². The number of nitrogens with zero attached hydrogens (tertiary/aromatic N) is 6. The van der Waals surface area contributed by atoms with Crippen molar-refractivity contribution in [2.45, 2.75) is 85.3 Å². The van der Waals surface area contributed by atoms with Crippen molar-refractivity contribution >= 4 is 23.2 Å². The molecule has 246 valence electrons. The third kappa shape index (κ3) is 6.83. The molecule has 13 nitrogen and oxygen atoms in total. The van der Waals surface area contributed by atoms with E-state index in [2.05, 4.69) is 62.2 Å². The van der Waals surface area contributed by atoms with Crippen molar-refractivity contribution in [3.63, 3.8) is 0 Å². The molecule has 2 aromatic carbocycles. The Balaban J connectivity index is 1.25. The molecule has 1 unspecified atom stereocenters. The van der Waals surface area contributed by atoms with Crippen LogP contribution >= 0.6 is 0 Å². The zero-order valence-corrected chi connectivity index (χ0v) is 27.1. The molecule has 6 rings (SSSR count). The van der Waals surface area contributed by atoms with Gasteiger partial charge < -0.3 is 23.5 Å². The number of aromatic nitrogens is 7. The molecule has 5 aromatic rings. The maximum Gasteiger partial charge on any atom is 0.511 e.